The fourth-order valence-corrected chi connectivity index (χ4v) is 4.55. The lowest BCUT2D eigenvalue weighted by atomic mass is 9.97. The van der Waals surface area contributed by atoms with Gasteiger partial charge in [0.15, 0.2) is 11.5 Å². The molecule has 1 aliphatic rings. The highest BCUT2D eigenvalue weighted by Gasteiger charge is 2.28. The molecule has 35 heavy (non-hydrogen) atoms. The summed E-state index contributed by atoms with van der Waals surface area (Å²) in [5.74, 6) is -0.384. The SMILES string of the molecule is O=C(NCc1cccc(F)c1)[C@@H]1CCCN(c2nc3cccnc3n(Cc3ccccc3)c2=O)C1. The Bertz CT molecular complexity index is 1410. The van der Waals surface area contributed by atoms with Gasteiger partial charge in [-0.15, -0.1) is 0 Å². The minimum atomic E-state index is -0.329. The molecule has 1 atom stereocenters. The lowest BCUT2D eigenvalue weighted by molar-refractivity contribution is -0.125. The number of carbonyl (C=O) groups excluding carboxylic acids is 1. The van der Waals surface area contributed by atoms with Crippen LogP contribution in [-0.4, -0.2) is 33.5 Å². The van der Waals surface area contributed by atoms with Crippen LogP contribution in [0, 0.1) is 11.7 Å². The van der Waals surface area contributed by atoms with Gasteiger partial charge < -0.3 is 10.2 Å². The summed E-state index contributed by atoms with van der Waals surface area (Å²) in [6, 6.07) is 19.6. The molecule has 7 nitrogen and oxygen atoms in total. The van der Waals surface area contributed by atoms with E-state index in [9.17, 15) is 14.0 Å². The summed E-state index contributed by atoms with van der Waals surface area (Å²) in [4.78, 5) is 37.5. The number of nitrogens with one attached hydrogen (secondary N) is 1. The third-order valence-electron chi connectivity index (χ3n) is 6.32. The van der Waals surface area contributed by atoms with Crippen molar-refractivity contribution in [3.05, 3.63) is 100 Å². The van der Waals surface area contributed by atoms with Gasteiger partial charge in [0.1, 0.15) is 11.3 Å². The average Bonchev–Trinajstić information content (AvgIpc) is 2.89. The molecule has 178 valence electrons. The number of aromatic nitrogens is 3. The molecule has 1 fully saturated rings. The number of carbonyl (C=O) groups is 1. The van der Waals surface area contributed by atoms with Crippen LogP contribution in [0.4, 0.5) is 10.2 Å². The molecule has 0 unspecified atom stereocenters. The molecule has 1 N–H and O–H groups in total. The molecule has 2 aromatic carbocycles. The highest BCUT2D eigenvalue weighted by atomic mass is 19.1. The molecule has 1 aliphatic heterocycles. The van der Waals surface area contributed by atoms with E-state index in [1.54, 1.807) is 29.0 Å². The largest absolute Gasteiger partial charge is 0.352 e. The monoisotopic (exact) mass is 471 g/mol. The number of amides is 1. The van der Waals surface area contributed by atoms with Crippen molar-refractivity contribution in [2.75, 3.05) is 18.0 Å². The van der Waals surface area contributed by atoms with Crippen LogP contribution < -0.4 is 15.8 Å². The normalized spacial score (nSPS) is 15.8. The van der Waals surface area contributed by atoms with Crippen molar-refractivity contribution in [2.24, 2.45) is 5.92 Å². The maximum atomic E-state index is 13.6. The van der Waals surface area contributed by atoms with Gasteiger partial charge in [0.25, 0.3) is 5.56 Å². The molecular weight excluding hydrogens is 445 g/mol. The number of rotatable bonds is 6. The standard InChI is InChI=1S/C27H26FN5O2/c28-22-11-4-9-20(15-22)16-30-26(34)21-10-6-14-32(18-21)25-27(35)33(17-19-7-2-1-3-8-19)24-23(31-25)12-5-13-29-24/h1-5,7-9,11-13,15,21H,6,10,14,16-18H2,(H,30,34)/t21-/m1/s1. The summed E-state index contributed by atoms with van der Waals surface area (Å²) in [6.45, 7) is 1.69. The summed E-state index contributed by atoms with van der Waals surface area (Å²) in [6.07, 6.45) is 3.15. The highest BCUT2D eigenvalue weighted by molar-refractivity contribution is 5.79. The van der Waals surface area contributed by atoms with E-state index in [0.29, 0.717) is 42.2 Å². The Hall–Kier alpha value is -4.07. The quantitative estimate of drug-likeness (QED) is 0.466. The topological polar surface area (TPSA) is 80.1 Å². The second-order valence-corrected chi connectivity index (χ2v) is 8.79. The molecule has 3 heterocycles. The maximum absolute atomic E-state index is 13.6. The van der Waals surface area contributed by atoms with Crippen LogP contribution in [0.2, 0.25) is 0 Å². The molecule has 0 bridgehead atoms. The number of halogens is 1. The van der Waals surface area contributed by atoms with E-state index in [-0.39, 0.29) is 29.7 Å². The second kappa shape index (κ2) is 10.0. The molecule has 1 amide bonds. The van der Waals surface area contributed by atoms with Crippen molar-refractivity contribution in [3.63, 3.8) is 0 Å². The van der Waals surface area contributed by atoms with Crippen LogP contribution in [0.25, 0.3) is 11.2 Å². The predicted octanol–water partition coefficient (Wildman–Crippen LogP) is 3.51. The average molecular weight is 472 g/mol. The van der Waals surface area contributed by atoms with Gasteiger partial charge in [-0.25, -0.2) is 14.4 Å². The predicted molar refractivity (Wildman–Crippen MR) is 133 cm³/mol. The van der Waals surface area contributed by atoms with Crippen molar-refractivity contribution < 1.29 is 9.18 Å². The molecule has 5 rings (SSSR count). The first-order valence-electron chi connectivity index (χ1n) is 11.7. The summed E-state index contributed by atoms with van der Waals surface area (Å²) in [5, 5.41) is 2.91. The number of fused-ring (bicyclic) bond motifs is 1. The summed E-state index contributed by atoms with van der Waals surface area (Å²) in [7, 11) is 0. The number of hydrogen-bond acceptors (Lipinski definition) is 5. The Morgan fingerprint density at radius 1 is 1.06 bits per heavy atom. The van der Waals surface area contributed by atoms with Crippen LogP contribution in [0.5, 0.6) is 0 Å². The van der Waals surface area contributed by atoms with E-state index in [1.165, 1.54) is 12.1 Å². The Morgan fingerprint density at radius 3 is 2.71 bits per heavy atom. The minimum Gasteiger partial charge on any atom is -0.352 e. The van der Waals surface area contributed by atoms with Gasteiger partial charge in [0.05, 0.1) is 12.5 Å². The molecule has 0 spiro atoms. The van der Waals surface area contributed by atoms with E-state index in [1.807, 2.05) is 41.3 Å². The van der Waals surface area contributed by atoms with Crippen molar-refractivity contribution >= 4 is 22.9 Å². The van der Waals surface area contributed by atoms with Gasteiger partial charge in [0, 0.05) is 25.8 Å². The number of hydrogen-bond donors (Lipinski definition) is 1. The molecule has 2 aromatic heterocycles. The Labute approximate surface area is 202 Å². The lowest BCUT2D eigenvalue weighted by Crippen LogP contribution is -2.45. The lowest BCUT2D eigenvalue weighted by Gasteiger charge is -2.32. The molecule has 0 radical (unpaired) electrons. The molecule has 8 heteroatoms. The van der Waals surface area contributed by atoms with Gasteiger partial charge >= 0.3 is 0 Å². The number of piperidine rings is 1. The zero-order valence-electron chi connectivity index (χ0n) is 19.2. The van der Waals surface area contributed by atoms with Gasteiger partial charge in [-0.1, -0.05) is 42.5 Å². The number of pyridine rings is 1. The van der Waals surface area contributed by atoms with Crippen LogP contribution in [-0.2, 0) is 17.9 Å². The van der Waals surface area contributed by atoms with Crippen molar-refractivity contribution in [3.8, 4) is 0 Å². The van der Waals surface area contributed by atoms with Crippen LogP contribution in [0.3, 0.4) is 0 Å². The molecule has 0 saturated carbocycles. The number of benzene rings is 2. The Morgan fingerprint density at radius 2 is 1.89 bits per heavy atom. The van der Waals surface area contributed by atoms with Gasteiger partial charge in [0.2, 0.25) is 5.91 Å². The van der Waals surface area contributed by atoms with E-state index in [0.717, 1.165) is 18.4 Å². The van der Waals surface area contributed by atoms with Crippen molar-refractivity contribution in [1.82, 2.24) is 19.9 Å². The minimum absolute atomic E-state index is 0.106. The molecular formula is C27H26FN5O2. The molecule has 1 saturated heterocycles. The number of nitrogens with zero attached hydrogens (tertiary/aromatic N) is 4. The third kappa shape index (κ3) is 5.06. The van der Waals surface area contributed by atoms with E-state index in [4.69, 9.17) is 0 Å². The van der Waals surface area contributed by atoms with Crippen LogP contribution in [0.15, 0.2) is 77.7 Å². The Kier molecular flexibility index (Phi) is 6.52. The van der Waals surface area contributed by atoms with Crippen molar-refractivity contribution in [1.29, 1.82) is 0 Å². The zero-order valence-corrected chi connectivity index (χ0v) is 19.2. The van der Waals surface area contributed by atoms with E-state index >= 15 is 0 Å². The zero-order chi connectivity index (χ0) is 24.2. The van der Waals surface area contributed by atoms with E-state index in [2.05, 4.69) is 15.3 Å². The molecule has 4 aromatic rings. The fourth-order valence-electron chi connectivity index (χ4n) is 4.55. The number of anilines is 1. The third-order valence-corrected chi connectivity index (χ3v) is 6.32. The highest BCUT2D eigenvalue weighted by Crippen LogP contribution is 2.22. The summed E-state index contributed by atoms with van der Waals surface area (Å²) < 4.78 is 15.1. The van der Waals surface area contributed by atoms with Gasteiger partial charge in [-0.05, 0) is 48.2 Å². The van der Waals surface area contributed by atoms with Crippen LogP contribution in [0.1, 0.15) is 24.0 Å². The first-order valence-corrected chi connectivity index (χ1v) is 11.7. The fraction of sp³-hybridized carbons (Fsp3) is 0.259. The van der Waals surface area contributed by atoms with Crippen molar-refractivity contribution in [2.45, 2.75) is 25.9 Å². The summed E-state index contributed by atoms with van der Waals surface area (Å²) in [5.41, 5.74) is 2.65. The Balaban J connectivity index is 1.39. The maximum Gasteiger partial charge on any atom is 0.295 e. The molecule has 0 aliphatic carbocycles. The first kappa shape index (κ1) is 22.7. The van der Waals surface area contributed by atoms with E-state index < -0.39 is 0 Å². The van der Waals surface area contributed by atoms with Gasteiger partial charge in [-0.2, -0.15) is 0 Å². The van der Waals surface area contributed by atoms with Crippen LogP contribution >= 0.6 is 0 Å². The summed E-state index contributed by atoms with van der Waals surface area (Å²) >= 11 is 0. The smallest absolute Gasteiger partial charge is 0.295 e. The van der Waals surface area contributed by atoms with Gasteiger partial charge in [-0.3, -0.25) is 14.2 Å². The second-order valence-electron chi connectivity index (χ2n) is 8.79. The first-order chi connectivity index (χ1) is 17.1.